The quantitative estimate of drug-likeness (QED) is 0.388. The number of likely N-dealkylation sites (tertiary alicyclic amines) is 1. The predicted molar refractivity (Wildman–Crippen MR) is 154 cm³/mol. The molecule has 198 valence electrons. The highest BCUT2D eigenvalue weighted by molar-refractivity contribution is 7.90. The number of sulfone groups is 1. The van der Waals surface area contributed by atoms with Crippen LogP contribution in [0.4, 0.5) is 11.4 Å². The van der Waals surface area contributed by atoms with E-state index in [2.05, 4.69) is 51.6 Å². The Hall–Kier alpha value is -3.24. The van der Waals surface area contributed by atoms with Gasteiger partial charge in [-0.05, 0) is 43.9 Å². The number of benzene rings is 2. The van der Waals surface area contributed by atoms with E-state index in [1.54, 1.807) is 23.5 Å². The normalized spacial score (nSPS) is 16.4. The van der Waals surface area contributed by atoms with Gasteiger partial charge in [0.25, 0.3) is 0 Å². The van der Waals surface area contributed by atoms with Gasteiger partial charge in [-0.15, -0.1) is 11.3 Å². The zero-order valence-electron chi connectivity index (χ0n) is 21.7. The topological polar surface area (TPSA) is 94.5 Å². The van der Waals surface area contributed by atoms with E-state index < -0.39 is 9.84 Å². The van der Waals surface area contributed by atoms with Crippen molar-refractivity contribution >= 4 is 42.6 Å². The van der Waals surface area contributed by atoms with Crippen molar-refractivity contribution in [2.75, 3.05) is 43.6 Å². The molecule has 0 bridgehead atoms. The van der Waals surface area contributed by atoms with Crippen LogP contribution in [0.5, 0.6) is 5.75 Å². The molecule has 38 heavy (non-hydrogen) atoms. The third-order valence-corrected chi connectivity index (χ3v) is 9.50. The minimum absolute atomic E-state index is 0.204. The molecule has 0 radical (unpaired) electrons. The molecule has 2 N–H and O–H groups in total. The van der Waals surface area contributed by atoms with Crippen molar-refractivity contribution in [1.29, 1.82) is 5.26 Å². The minimum atomic E-state index is -3.32. The van der Waals surface area contributed by atoms with Crippen molar-refractivity contribution in [1.82, 2.24) is 4.90 Å². The molecular weight excluding hydrogens is 516 g/mol. The second-order valence-corrected chi connectivity index (χ2v) is 12.9. The number of piperidine rings is 1. The van der Waals surface area contributed by atoms with Gasteiger partial charge < -0.3 is 20.3 Å². The highest BCUT2D eigenvalue weighted by Gasteiger charge is 2.31. The predicted octanol–water partition coefficient (Wildman–Crippen LogP) is 4.88. The van der Waals surface area contributed by atoms with Crippen LogP contribution in [0.3, 0.4) is 0 Å². The lowest BCUT2D eigenvalue weighted by Gasteiger charge is -2.33. The molecule has 2 aromatic carbocycles. The summed E-state index contributed by atoms with van der Waals surface area (Å²) >= 11 is 1.64. The molecule has 0 amide bonds. The summed E-state index contributed by atoms with van der Waals surface area (Å²) < 4.78 is 30.2. The molecule has 0 spiro atoms. The first-order valence-corrected chi connectivity index (χ1v) is 15.6. The average Bonchev–Trinajstić information content (AvgIpc) is 3.70. The number of nitrogens with one attached hydrogen (secondary N) is 2. The van der Waals surface area contributed by atoms with E-state index in [1.165, 1.54) is 32.3 Å². The summed E-state index contributed by atoms with van der Waals surface area (Å²) in [4.78, 5) is 3.74. The number of anilines is 2. The molecule has 9 heteroatoms. The molecule has 1 aromatic heterocycles. The maximum absolute atomic E-state index is 11.8. The van der Waals surface area contributed by atoms with Crippen LogP contribution in [0.2, 0.25) is 0 Å². The van der Waals surface area contributed by atoms with E-state index in [4.69, 9.17) is 4.74 Å². The number of ether oxygens (including phenoxy) is 1. The first-order chi connectivity index (χ1) is 18.4. The Bertz CT molecular complexity index is 1530. The molecule has 2 aliphatic rings. The summed E-state index contributed by atoms with van der Waals surface area (Å²) in [6.45, 7) is 2.67. The Morgan fingerprint density at radius 3 is 2.61 bits per heavy atom. The molecule has 0 unspecified atom stereocenters. The van der Waals surface area contributed by atoms with Gasteiger partial charge in [0, 0.05) is 48.4 Å². The second-order valence-electron chi connectivity index (χ2n) is 9.90. The number of fused-ring (bicyclic) bond motifs is 1. The van der Waals surface area contributed by atoms with Crippen LogP contribution < -0.4 is 15.4 Å². The van der Waals surface area contributed by atoms with Gasteiger partial charge in [-0.3, -0.25) is 0 Å². The molecule has 2 fully saturated rings. The maximum Gasteiger partial charge on any atom is 0.175 e. The molecule has 1 aliphatic carbocycles. The Morgan fingerprint density at radius 1 is 1.13 bits per heavy atom. The fourth-order valence-electron chi connectivity index (χ4n) is 5.02. The van der Waals surface area contributed by atoms with Crippen molar-refractivity contribution < 1.29 is 13.2 Å². The molecular formula is C29H32N4O3S2. The number of thiophene rings is 1. The summed E-state index contributed by atoms with van der Waals surface area (Å²) in [5.74, 6) is 6.88. The zero-order chi connectivity index (χ0) is 26.7. The first-order valence-electron chi connectivity index (χ1n) is 12.9. The van der Waals surface area contributed by atoms with E-state index in [1.807, 2.05) is 0 Å². The zero-order valence-corrected chi connectivity index (χ0v) is 23.3. The monoisotopic (exact) mass is 548 g/mol. The summed E-state index contributed by atoms with van der Waals surface area (Å²) in [7, 11) is -1.82. The summed E-state index contributed by atoms with van der Waals surface area (Å²) in [6, 6.07) is 14.6. The number of rotatable bonds is 8. The number of methoxy groups -OCH3 is 1. The van der Waals surface area contributed by atoms with Crippen LogP contribution in [0.25, 0.3) is 10.1 Å². The Balaban J connectivity index is 1.32. The minimum Gasteiger partial charge on any atom is -0.495 e. The van der Waals surface area contributed by atoms with Crippen molar-refractivity contribution in [2.24, 2.45) is 0 Å². The molecule has 5 rings (SSSR count). The van der Waals surface area contributed by atoms with Gasteiger partial charge in [-0.2, -0.15) is 5.26 Å². The Morgan fingerprint density at radius 2 is 1.92 bits per heavy atom. The van der Waals surface area contributed by atoms with Crippen LogP contribution in [0.1, 0.15) is 36.1 Å². The summed E-state index contributed by atoms with van der Waals surface area (Å²) in [5.41, 5.74) is 2.77. The van der Waals surface area contributed by atoms with Gasteiger partial charge >= 0.3 is 0 Å². The van der Waals surface area contributed by atoms with E-state index in [-0.39, 0.29) is 4.90 Å². The van der Waals surface area contributed by atoms with Crippen LogP contribution in [-0.4, -0.2) is 58.4 Å². The standard InChI is InChI=1S/C29H32N4O3S2/c1-36-27-19-22(38(2,34)35)10-11-25(27)31-16-4-7-28-23(12-15-30)24-5-3-6-26(29(24)37-28)32-20-13-17-33(18-14-20)21-8-9-21/h3,5-6,10-11,19-21,31-32H,8-9,12-14,16-18H2,1-2H3. The molecule has 1 aliphatic heterocycles. The fourth-order valence-corrected chi connectivity index (χ4v) is 6.83. The third kappa shape index (κ3) is 5.91. The van der Waals surface area contributed by atoms with Gasteiger partial charge in [0.15, 0.2) is 9.84 Å². The number of nitriles is 1. The van der Waals surface area contributed by atoms with Crippen molar-refractivity contribution in [2.45, 2.75) is 49.1 Å². The lowest BCUT2D eigenvalue weighted by Crippen LogP contribution is -2.40. The number of hydrogen-bond donors (Lipinski definition) is 2. The smallest absolute Gasteiger partial charge is 0.175 e. The van der Waals surface area contributed by atoms with Crippen LogP contribution >= 0.6 is 11.3 Å². The molecule has 7 nitrogen and oxygen atoms in total. The van der Waals surface area contributed by atoms with Crippen molar-refractivity contribution in [3.05, 3.63) is 46.8 Å². The van der Waals surface area contributed by atoms with Gasteiger partial charge in [0.1, 0.15) is 5.75 Å². The van der Waals surface area contributed by atoms with Gasteiger partial charge in [0.2, 0.25) is 0 Å². The lowest BCUT2D eigenvalue weighted by atomic mass is 10.0. The highest BCUT2D eigenvalue weighted by atomic mass is 32.2. The van der Waals surface area contributed by atoms with Crippen LogP contribution in [0, 0.1) is 23.2 Å². The van der Waals surface area contributed by atoms with Gasteiger partial charge in [0.05, 0.1) is 52.0 Å². The molecule has 3 aromatic rings. The van der Waals surface area contributed by atoms with Crippen molar-refractivity contribution in [3.63, 3.8) is 0 Å². The van der Waals surface area contributed by atoms with Gasteiger partial charge in [-0.1, -0.05) is 24.0 Å². The average molecular weight is 549 g/mol. The van der Waals surface area contributed by atoms with Crippen LogP contribution in [-0.2, 0) is 16.3 Å². The molecule has 2 heterocycles. The van der Waals surface area contributed by atoms with Gasteiger partial charge in [-0.25, -0.2) is 8.42 Å². The SMILES string of the molecule is COc1cc(S(C)(=O)=O)ccc1NCC#Cc1sc2c(NC3CCN(C4CC4)CC3)cccc2c1CC#N. The van der Waals surface area contributed by atoms with E-state index in [0.717, 1.165) is 58.2 Å². The third-order valence-electron chi connectivity index (χ3n) is 7.20. The second kappa shape index (κ2) is 11.2. The van der Waals surface area contributed by atoms with E-state index in [9.17, 15) is 13.7 Å². The lowest BCUT2D eigenvalue weighted by molar-refractivity contribution is 0.210. The summed E-state index contributed by atoms with van der Waals surface area (Å²) in [5, 5.41) is 17.6. The molecule has 1 saturated heterocycles. The summed E-state index contributed by atoms with van der Waals surface area (Å²) in [6.07, 6.45) is 6.49. The molecule has 0 atom stereocenters. The largest absolute Gasteiger partial charge is 0.495 e. The highest BCUT2D eigenvalue weighted by Crippen LogP contribution is 2.37. The molecule has 1 saturated carbocycles. The van der Waals surface area contributed by atoms with E-state index >= 15 is 0 Å². The fraction of sp³-hybridized carbons (Fsp3) is 0.414. The van der Waals surface area contributed by atoms with Crippen molar-refractivity contribution in [3.8, 4) is 23.7 Å². The first kappa shape index (κ1) is 26.4. The Labute approximate surface area is 228 Å². The number of hydrogen-bond acceptors (Lipinski definition) is 8. The maximum atomic E-state index is 11.8. The van der Waals surface area contributed by atoms with Crippen LogP contribution in [0.15, 0.2) is 41.3 Å². The van der Waals surface area contributed by atoms with E-state index in [0.29, 0.717) is 30.4 Å². The Kier molecular flexibility index (Phi) is 7.80. The number of nitrogens with zero attached hydrogens (tertiary/aromatic N) is 2.